The van der Waals surface area contributed by atoms with Crippen molar-refractivity contribution in [1.29, 1.82) is 0 Å². The van der Waals surface area contributed by atoms with Crippen LogP contribution < -0.4 is 4.90 Å². The van der Waals surface area contributed by atoms with E-state index in [4.69, 9.17) is 0 Å². The molecule has 0 atom stereocenters. The monoisotopic (exact) mass is 323 g/mol. The predicted octanol–water partition coefficient (Wildman–Crippen LogP) is 5.30. The van der Waals surface area contributed by atoms with E-state index in [2.05, 4.69) is 0 Å². The molecule has 0 aliphatic carbocycles. The molecule has 0 N–H and O–H groups in total. The lowest BCUT2D eigenvalue weighted by molar-refractivity contribution is 0.380. The Morgan fingerprint density at radius 1 is 0.652 bits per heavy atom. The van der Waals surface area contributed by atoms with Crippen molar-refractivity contribution in [3.05, 3.63) is 71.6 Å². The minimum Gasteiger partial charge on any atom is -0.339 e. The fourth-order valence-electron chi connectivity index (χ4n) is 2.51. The summed E-state index contributed by atoms with van der Waals surface area (Å²) >= 11 is 0. The maximum Gasteiger partial charge on any atom is 0.200 e. The average molecular weight is 323 g/mol. The summed E-state index contributed by atoms with van der Waals surface area (Å²) in [7, 11) is 1.25. The second-order valence-electron chi connectivity index (χ2n) is 4.98. The molecule has 0 aromatic heterocycles. The highest BCUT2D eigenvalue weighted by Crippen LogP contribution is 2.36. The first-order valence-corrected chi connectivity index (χ1v) is 6.66. The number of nitrogens with zero attached hydrogens (tertiary/aromatic N) is 1. The Bertz CT molecular complexity index is 873. The van der Waals surface area contributed by atoms with Crippen molar-refractivity contribution in [3.63, 3.8) is 0 Å². The Morgan fingerprint density at radius 3 is 1.83 bits per heavy atom. The van der Waals surface area contributed by atoms with Crippen LogP contribution in [0.3, 0.4) is 0 Å². The minimum atomic E-state index is -2.17. The topological polar surface area (TPSA) is 3.24 Å². The van der Waals surface area contributed by atoms with Gasteiger partial charge in [-0.2, -0.15) is 0 Å². The number of fused-ring (bicyclic) bond motifs is 1. The van der Waals surface area contributed by atoms with Gasteiger partial charge in [0, 0.05) is 18.1 Å². The standard InChI is InChI=1S/C17H10F5N/c1-23(11-8-4-6-9-5-2-3-7-10(9)11)17-15(21)13(19)12(18)14(20)16(17)22/h2-8H,1H3. The summed E-state index contributed by atoms with van der Waals surface area (Å²) in [6.45, 7) is 0. The van der Waals surface area contributed by atoms with Crippen molar-refractivity contribution in [2.24, 2.45) is 0 Å². The fourth-order valence-corrected chi connectivity index (χ4v) is 2.51. The van der Waals surface area contributed by atoms with Crippen LogP contribution in [0.15, 0.2) is 42.5 Å². The van der Waals surface area contributed by atoms with Gasteiger partial charge in [-0.25, -0.2) is 22.0 Å². The highest BCUT2D eigenvalue weighted by molar-refractivity contribution is 5.96. The molecule has 23 heavy (non-hydrogen) atoms. The van der Waals surface area contributed by atoms with Gasteiger partial charge in [-0.05, 0) is 11.5 Å². The van der Waals surface area contributed by atoms with Crippen molar-refractivity contribution in [2.45, 2.75) is 0 Å². The lowest BCUT2D eigenvalue weighted by Gasteiger charge is -2.23. The largest absolute Gasteiger partial charge is 0.339 e. The Balaban J connectivity index is 2.27. The molecule has 0 fully saturated rings. The van der Waals surface area contributed by atoms with Gasteiger partial charge in [0.05, 0.1) is 0 Å². The molecule has 0 radical (unpaired) electrons. The van der Waals surface area contributed by atoms with E-state index in [1.54, 1.807) is 42.5 Å². The molecule has 118 valence electrons. The average Bonchev–Trinajstić information content (AvgIpc) is 2.57. The Labute approximate surface area is 128 Å². The summed E-state index contributed by atoms with van der Waals surface area (Å²) in [5.41, 5.74) is -0.663. The third-order valence-corrected chi connectivity index (χ3v) is 3.65. The van der Waals surface area contributed by atoms with Crippen LogP contribution in [0.5, 0.6) is 0 Å². The van der Waals surface area contributed by atoms with Crippen molar-refractivity contribution in [3.8, 4) is 0 Å². The molecule has 3 aromatic rings. The van der Waals surface area contributed by atoms with E-state index in [9.17, 15) is 22.0 Å². The molecular formula is C17H10F5N. The first kappa shape index (κ1) is 15.3. The first-order valence-electron chi connectivity index (χ1n) is 6.66. The van der Waals surface area contributed by atoms with Crippen molar-refractivity contribution < 1.29 is 22.0 Å². The molecule has 0 saturated carbocycles. The molecule has 0 spiro atoms. The molecule has 0 aliphatic heterocycles. The smallest absolute Gasteiger partial charge is 0.200 e. The summed E-state index contributed by atoms with van der Waals surface area (Å²) < 4.78 is 67.9. The van der Waals surface area contributed by atoms with Crippen LogP contribution >= 0.6 is 0 Å². The summed E-state index contributed by atoms with van der Waals surface area (Å²) in [6.07, 6.45) is 0. The molecular weight excluding hydrogens is 313 g/mol. The molecule has 0 unspecified atom stereocenters. The zero-order chi connectivity index (χ0) is 16.7. The van der Waals surface area contributed by atoms with Crippen LogP contribution in [0.25, 0.3) is 10.8 Å². The Hall–Kier alpha value is -2.63. The summed E-state index contributed by atoms with van der Waals surface area (Å²) in [4.78, 5) is 0.957. The van der Waals surface area contributed by atoms with E-state index >= 15 is 0 Å². The molecule has 0 amide bonds. The lowest BCUT2D eigenvalue weighted by atomic mass is 10.1. The van der Waals surface area contributed by atoms with E-state index in [1.807, 2.05) is 0 Å². The quantitative estimate of drug-likeness (QED) is 0.351. The third-order valence-electron chi connectivity index (χ3n) is 3.65. The highest BCUT2D eigenvalue weighted by atomic mass is 19.2. The van der Waals surface area contributed by atoms with Gasteiger partial charge in [0.15, 0.2) is 23.3 Å². The van der Waals surface area contributed by atoms with Crippen LogP contribution in [0.4, 0.5) is 33.3 Å². The van der Waals surface area contributed by atoms with Gasteiger partial charge in [-0.15, -0.1) is 0 Å². The summed E-state index contributed by atoms with van der Waals surface area (Å²) in [5.74, 6) is -9.83. The summed E-state index contributed by atoms with van der Waals surface area (Å²) in [6, 6.07) is 12.0. The van der Waals surface area contributed by atoms with E-state index in [0.717, 1.165) is 10.3 Å². The molecule has 3 rings (SSSR count). The van der Waals surface area contributed by atoms with Crippen molar-refractivity contribution in [2.75, 3.05) is 11.9 Å². The van der Waals surface area contributed by atoms with Gasteiger partial charge in [-0.3, -0.25) is 0 Å². The second kappa shape index (κ2) is 5.53. The van der Waals surface area contributed by atoms with Gasteiger partial charge in [0.25, 0.3) is 0 Å². The number of hydrogen-bond acceptors (Lipinski definition) is 1. The molecule has 3 aromatic carbocycles. The van der Waals surface area contributed by atoms with Crippen LogP contribution in [0, 0.1) is 29.1 Å². The van der Waals surface area contributed by atoms with E-state index < -0.39 is 34.8 Å². The zero-order valence-electron chi connectivity index (χ0n) is 11.9. The lowest BCUT2D eigenvalue weighted by Crippen LogP contribution is -2.17. The van der Waals surface area contributed by atoms with Crippen LogP contribution in [-0.2, 0) is 0 Å². The number of benzene rings is 3. The van der Waals surface area contributed by atoms with Gasteiger partial charge in [-0.1, -0.05) is 36.4 Å². The van der Waals surface area contributed by atoms with Crippen LogP contribution in [0.2, 0.25) is 0 Å². The molecule has 0 heterocycles. The van der Waals surface area contributed by atoms with Crippen LogP contribution in [-0.4, -0.2) is 7.05 Å². The number of halogens is 5. The number of rotatable bonds is 2. The van der Waals surface area contributed by atoms with E-state index in [1.165, 1.54) is 7.05 Å². The second-order valence-corrected chi connectivity index (χ2v) is 4.98. The van der Waals surface area contributed by atoms with Gasteiger partial charge in [0.1, 0.15) is 5.69 Å². The first-order chi connectivity index (χ1) is 10.9. The predicted molar refractivity (Wildman–Crippen MR) is 78.2 cm³/mol. The molecule has 1 nitrogen and oxygen atoms in total. The maximum atomic E-state index is 14.0. The fraction of sp³-hybridized carbons (Fsp3) is 0.0588. The molecule has 0 bridgehead atoms. The highest BCUT2D eigenvalue weighted by Gasteiger charge is 2.28. The zero-order valence-corrected chi connectivity index (χ0v) is 11.9. The number of hydrogen-bond donors (Lipinski definition) is 0. The van der Waals surface area contributed by atoms with Gasteiger partial charge in [0.2, 0.25) is 5.82 Å². The van der Waals surface area contributed by atoms with E-state index in [0.29, 0.717) is 11.1 Å². The van der Waals surface area contributed by atoms with Gasteiger partial charge >= 0.3 is 0 Å². The van der Waals surface area contributed by atoms with Gasteiger partial charge < -0.3 is 4.90 Å². The molecule has 0 saturated heterocycles. The van der Waals surface area contributed by atoms with E-state index in [-0.39, 0.29) is 0 Å². The number of anilines is 2. The Kier molecular flexibility index (Phi) is 3.67. The summed E-state index contributed by atoms with van der Waals surface area (Å²) in [5, 5.41) is 1.40. The minimum absolute atomic E-state index is 0.325. The normalized spacial score (nSPS) is 11.0. The maximum absolute atomic E-state index is 14.0. The molecule has 0 aliphatic rings. The van der Waals surface area contributed by atoms with Crippen molar-refractivity contribution >= 4 is 22.1 Å². The van der Waals surface area contributed by atoms with Crippen LogP contribution in [0.1, 0.15) is 0 Å². The SMILES string of the molecule is CN(c1c(F)c(F)c(F)c(F)c1F)c1cccc2ccccc12. The Morgan fingerprint density at radius 2 is 1.17 bits per heavy atom. The third kappa shape index (κ3) is 2.30. The van der Waals surface area contributed by atoms with Crippen molar-refractivity contribution in [1.82, 2.24) is 0 Å². The molecule has 6 heteroatoms.